The van der Waals surface area contributed by atoms with Crippen LogP contribution in [0.3, 0.4) is 0 Å². The van der Waals surface area contributed by atoms with Crippen LogP contribution in [0.5, 0.6) is 5.75 Å². The lowest BCUT2D eigenvalue weighted by Gasteiger charge is -2.24. The molecule has 79 heavy (non-hydrogen) atoms. The number of aryl methyl sites for hydroxylation is 3. The van der Waals surface area contributed by atoms with Crippen molar-refractivity contribution in [3.63, 3.8) is 0 Å². The Morgan fingerprint density at radius 2 is 1.49 bits per heavy atom. The summed E-state index contributed by atoms with van der Waals surface area (Å²) in [6, 6.07) is 26.0. The van der Waals surface area contributed by atoms with Crippen molar-refractivity contribution in [3.8, 4) is 5.75 Å². The van der Waals surface area contributed by atoms with E-state index in [4.69, 9.17) is 14.2 Å². The first-order valence-electron chi connectivity index (χ1n) is 27.6. The van der Waals surface area contributed by atoms with E-state index < -0.39 is 27.0 Å². The van der Waals surface area contributed by atoms with Crippen LogP contribution < -0.4 is 15.8 Å². The number of nitrogens with one attached hydrogen (secondary N) is 1. The third kappa shape index (κ3) is 14.0. The molecule has 1 aromatic heterocycles. The van der Waals surface area contributed by atoms with Gasteiger partial charge in [-0.25, -0.2) is 0 Å². The Labute approximate surface area is 466 Å². The molecule has 0 saturated heterocycles. The molecule has 5 aromatic rings. The summed E-state index contributed by atoms with van der Waals surface area (Å²) in [5.74, 6) is -0.935. The normalized spacial score (nSPS) is 16.3. The minimum Gasteiger partial charge on any atom is -0.506 e. The summed E-state index contributed by atoms with van der Waals surface area (Å²) < 4.78 is 55.2. The van der Waals surface area contributed by atoms with Gasteiger partial charge in [0.25, 0.3) is 21.6 Å². The highest BCUT2D eigenvalue weighted by Crippen LogP contribution is 2.52. The fourth-order valence-corrected chi connectivity index (χ4v) is 11.7. The van der Waals surface area contributed by atoms with Gasteiger partial charge in [-0.05, 0) is 100 Å². The summed E-state index contributed by atoms with van der Waals surface area (Å²) in [4.78, 5) is 41.6. The van der Waals surface area contributed by atoms with Crippen molar-refractivity contribution >= 4 is 49.9 Å². The van der Waals surface area contributed by atoms with E-state index in [2.05, 4.69) is 87.9 Å². The van der Waals surface area contributed by atoms with Gasteiger partial charge >= 0.3 is 0 Å². The molecule has 1 unspecified atom stereocenters. The van der Waals surface area contributed by atoms with E-state index in [1.54, 1.807) is 43.4 Å². The lowest BCUT2D eigenvalue weighted by atomic mass is 9.80. The number of para-hydroxylation sites is 1. The summed E-state index contributed by atoms with van der Waals surface area (Å²) in [7, 11) is -2.78. The lowest BCUT2D eigenvalue weighted by Crippen LogP contribution is -2.38. The average Bonchev–Trinajstić information content (AvgIpc) is 4.00. The molecular formula is C64H79N4O10S+. The number of carbonyl (C=O) groups is 2. The number of hydrogen-bond donors (Lipinski definition) is 3. The van der Waals surface area contributed by atoms with Crippen molar-refractivity contribution in [2.45, 2.75) is 109 Å². The van der Waals surface area contributed by atoms with Crippen LogP contribution in [-0.2, 0) is 53.4 Å². The van der Waals surface area contributed by atoms with Gasteiger partial charge in [0.05, 0.1) is 55.5 Å². The first-order valence-corrected chi connectivity index (χ1v) is 29.1. The minimum atomic E-state index is -4.38. The number of rotatable bonds is 27. The number of unbranched alkanes of at least 4 members (excludes halogenated alkanes) is 2. The molecule has 0 saturated carbocycles. The second kappa shape index (κ2) is 26.9. The van der Waals surface area contributed by atoms with Crippen LogP contribution in [0, 0.1) is 6.92 Å². The maximum Gasteiger partial charge on any atom is 0.294 e. The summed E-state index contributed by atoms with van der Waals surface area (Å²) in [6.07, 6.45) is 18.8. The molecule has 1 aliphatic heterocycles. The van der Waals surface area contributed by atoms with Gasteiger partial charge in [0.2, 0.25) is 11.6 Å². The molecule has 1 aliphatic carbocycles. The molecule has 2 aliphatic rings. The van der Waals surface area contributed by atoms with Crippen molar-refractivity contribution in [1.29, 1.82) is 0 Å². The van der Waals surface area contributed by atoms with Crippen LogP contribution >= 0.6 is 0 Å². The molecule has 7 rings (SSSR count). The zero-order valence-electron chi connectivity index (χ0n) is 47.2. The van der Waals surface area contributed by atoms with Gasteiger partial charge in [0.15, 0.2) is 5.71 Å². The molecule has 0 fully saturated rings. The summed E-state index contributed by atoms with van der Waals surface area (Å²) in [5, 5.41) is 14.8. The van der Waals surface area contributed by atoms with Crippen LogP contribution in [0.4, 0.5) is 11.4 Å². The van der Waals surface area contributed by atoms with E-state index in [0.29, 0.717) is 62.4 Å². The standard InChI is InChI=1S/C64H78N4O10S/c1-9-46-23-22-28-55-58(46)60(70)59(61(71)66(55)8)62(72)68(47-24-16-14-17-25-47)36-38-77-40-42-78-41-39-76-37-35-65-57(69)30-21-15-18-26-49-50-33-32-48(79(73,74)75)44-52(50)63(4,5)51(49)27-19-12-11-13-20-29-56-64(6,7)53-43-45(3)31-34-54(53)67(56)10-2/h11-14,16-17,19-20,22-25,27-29,31-34,43-44,49H,9-10,15,18,21,26,30,35-42H2,1-8H3,(H2-,65,69,70,71,72,73,74,75)/p+1/b13-11+,19-12+,29-20+,51-27-. The van der Waals surface area contributed by atoms with E-state index in [9.17, 15) is 32.5 Å². The van der Waals surface area contributed by atoms with Crippen LogP contribution in [0.25, 0.3) is 10.9 Å². The number of aromatic nitrogens is 1. The monoisotopic (exact) mass is 1100 g/mol. The molecule has 2 heterocycles. The van der Waals surface area contributed by atoms with Crippen LogP contribution in [0.1, 0.15) is 118 Å². The predicted molar refractivity (Wildman–Crippen MR) is 314 cm³/mol. The second-order valence-electron chi connectivity index (χ2n) is 21.3. The van der Waals surface area contributed by atoms with Gasteiger partial charge in [0, 0.05) is 66.7 Å². The first-order chi connectivity index (χ1) is 37.8. The molecule has 420 valence electrons. The number of amides is 2. The van der Waals surface area contributed by atoms with Crippen molar-refractivity contribution in [1.82, 2.24) is 9.88 Å². The number of aromatic hydroxyl groups is 1. The molecule has 4 aromatic carbocycles. The molecule has 0 bridgehead atoms. The quantitative estimate of drug-likeness (QED) is 0.0198. The fraction of sp³-hybridized carbons (Fsp3) is 0.406. The topological polar surface area (TPSA) is 177 Å². The number of carbonyl (C=O) groups excluding carboxylic acids is 2. The maximum atomic E-state index is 14.1. The highest BCUT2D eigenvalue weighted by molar-refractivity contribution is 7.85. The fourth-order valence-electron chi connectivity index (χ4n) is 11.1. The Balaban J connectivity index is 0.808. The molecule has 3 N–H and O–H groups in total. The van der Waals surface area contributed by atoms with E-state index >= 15 is 0 Å². The molecule has 0 spiro atoms. The van der Waals surface area contributed by atoms with Crippen molar-refractivity contribution < 1.29 is 46.5 Å². The van der Waals surface area contributed by atoms with Crippen molar-refractivity contribution in [2.75, 3.05) is 64.2 Å². The third-order valence-corrected chi connectivity index (χ3v) is 16.2. The Bertz CT molecular complexity index is 3330. The Hall–Kier alpha value is -6.75. The third-order valence-electron chi connectivity index (χ3n) is 15.4. The number of ether oxygens (including phenoxy) is 3. The van der Waals surface area contributed by atoms with Crippen LogP contribution in [0.15, 0.2) is 143 Å². The van der Waals surface area contributed by atoms with Crippen molar-refractivity contribution in [2.24, 2.45) is 7.05 Å². The number of nitrogens with zero attached hydrogens (tertiary/aromatic N) is 3. The van der Waals surface area contributed by atoms with Gasteiger partial charge in [-0.3, -0.25) is 18.9 Å². The van der Waals surface area contributed by atoms with Crippen LogP contribution in [0.2, 0.25) is 0 Å². The molecule has 2 amide bonds. The lowest BCUT2D eigenvalue weighted by molar-refractivity contribution is -0.433. The maximum absolute atomic E-state index is 14.1. The summed E-state index contributed by atoms with van der Waals surface area (Å²) >= 11 is 0. The highest BCUT2D eigenvalue weighted by atomic mass is 32.2. The number of benzene rings is 4. The molecular weight excluding hydrogens is 1020 g/mol. The van der Waals surface area contributed by atoms with Gasteiger partial charge in [-0.15, -0.1) is 0 Å². The number of hydrogen-bond acceptors (Lipinski definition) is 9. The molecule has 0 radical (unpaired) electrons. The SMILES string of the molecule is CCc1cccc2c1c(O)c(C(=O)N(CCOCCOCCOCCNC(=O)CCCCCC1/C(=C/C=C/C=C/C=C/C3=[N+](CC)c4ccc(C)cc4C3(C)C)C(C)(C)c3cc(S(=O)(=O)O)ccc31)c1ccccc1)c(=O)n2C. The first kappa shape index (κ1) is 59.9. The van der Waals surface area contributed by atoms with Gasteiger partial charge < -0.3 is 34.1 Å². The van der Waals surface area contributed by atoms with Crippen LogP contribution in [-0.4, -0.2) is 104 Å². The average molecular weight is 1100 g/mol. The largest absolute Gasteiger partial charge is 0.506 e. The van der Waals surface area contributed by atoms with Gasteiger partial charge in [-0.1, -0.05) is 124 Å². The minimum absolute atomic E-state index is 0.0428. The Kier molecular flexibility index (Phi) is 20.4. The zero-order chi connectivity index (χ0) is 56.9. The predicted octanol–water partition coefficient (Wildman–Crippen LogP) is 10.9. The highest BCUT2D eigenvalue weighted by Gasteiger charge is 2.44. The second-order valence-corrected chi connectivity index (χ2v) is 22.7. The van der Waals surface area contributed by atoms with Gasteiger partial charge in [0.1, 0.15) is 17.9 Å². The number of fused-ring (bicyclic) bond motifs is 3. The zero-order valence-corrected chi connectivity index (χ0v) is 48.0. The summed E-state index contributed by atoms with van der Waals surface area (Å²) in [6.45, 7) is 18.1. The smallest absolute Gasteiger partial charge is 0.294 e. The Morgan fingerprint density at radius 1 is 0.797 bits per heavy atom. The van der Waals surface area contributed by atoms with E-state index in [1.165, 1.54) is 43.6 Å². The number of pyridine rings is 1. The van der Waals surface area contributed by atoms with Crippen molar-refractivity contribution in [3.05, 3.63) is 177 Å². The van der Waals surface area contributed by atoms with E-state index in [1.807, 2.05) is 55.5 Å². The van der Waals surface area contributed by atoms with E-state index in [0.717, 1.165) is 48.9 Å². The number of anilines is 1. The van der Waals surface area contributed by atoms with Gasteiger partial charge in [-0.2, -0.15) is 13.0 Å². The molecule has 15 heteroatoms. The Morgan fingerprint density at radius 3 is 2.20 bits per heavy atom. The summed E-state index contributed by atoms with van der Waals surface area (Å²) in [5.41, 5.74) is 8.72. The molecule has 14 nitrogen and oxygen atoms in total. The number of allylic oxidation sites excluding steroid dienone is 8. The molecule has 1 atom stereocenters. The van der Waals surface area contributed by atoms with E-state index in [-0.39, 0.29) is 53.2 Å².